The van der Waals surface area contributed by atoms with Crippen LogP contribution in [0.15, 0.2) is 65.3 Å². The number of nitrogens with zero attached hydrogens (tertiary/aromatic N) is 2. The molecule has 0 atom stereocenters. The van der Waals surface area contributed by atoms with Gasteiger partial charge in [-0.2, -0.15) is 0 Å². The van der Waals surface area contributed by atoms with E-state index in [-0.39, 0.29) is 0 Å². The van der Waals surface area contributed by atoms with Crippen LogP contribution in [-0.4, -0.2) is 21.6 Å². The Morgan fingerprint density at radius 1 is 0.933 bits per heavy atom. The Morgan fingerprint density at radius 3 is 2.50 bits per heavy atom. The molecule has 5 rings (SSSR count). The smallest absolute Gasteiger partial charge is 0.117 e. The topological polar surface area (TPSA) is 47.3 Å². The van der Waals surface area contributed by atoms with Crippen LogP contribution in [0.1, 0.15) is 43.9 Å². The minimum Gasteiger partial charge on any atom is -0.468 e. The van der Waals surface area contributed by atoms with Crippen molar-refractivity contribution in [3.63, 3.8) is 0 Å². The van der Waals surface area contributed by atoms with Gasteiger partial charge in [0.25, 0.3) is 0 Å². The van der Waals surface area contributed by atoms with Crippen LogP contribution in [0.25, 0.3) is 21.8 Å². The number of para-hydroxylation sites is 1. The number of fused-ring (bicyclic) bond motifs is 3. The second-order valence-electron chi connectivity index (χ2n) is 8.67. The summed E-state index contributed by atoms with van der Waals surface area (Å²) >= 11 is 0. The highest BCUT2D eigenvalue weighted by atomic mass is 16.3. The summed E-state index contributed by atoms with van der Waals surface area (Å²) in [4.78, 5) is 2.59. The molecule has 1 fully saturated rings. The van der Waals surface area contributed by atoms with Crippen LogP contribution in [-0.2, 0) is 19.6 Å². The second-order valence-corrected chi connectivity index (χ2v) is 8.67. The molecule has 2 aromatic heterocycles. The molecule has 1 aliphatic rings. The normalized spacial score (nSPS) is 19.8. The number of hydrogen-bond acceptors (Lipinski definition) is 3. The Hall–Kier alpha value is -2.56. The van der Waals surface area contributed by atoms with E-state index in [4.69, 9.17) is 10.2 Å². The third-order valence-corrected chi connectivity index (χ3v) is 6.74. The Bertz CT molecular complexity index is 1120. The molecule has 4 aromatic rings. The largest absolute Gasteiger partial charge is 0.468 e. The summed E-state index contributed by atoms with van der Waals surface area (Å²) in [6.45, 7) is 4.98. The molecule has 0 aliphatic heterocycles. The molecule has 1 aliphatic carbocycles. The molecule has 2 heterocycles. The lowest BCUT2D eigenvalue weighted by atomic mass is 9.90. The lowest BCUT2D eigenvalue weighted by Crippen LogP contribution is -2.40. The fourth-order valence-electron chi connectivity index (χ4n) is 5.16. The van der Waals surface area contributed by atoms with Gasteiger partial charge in [-0.1, -0.05) is 24.3 Å². The SMILES string of the molecule is CCn1c2ccccc2c2cc(CN(Cc3ccco3)C3CCC(N)CC3)ccc21. The van der Waals surface area contributed by atoms with Gasteiger partial charge in [0, 0.05) is 47.0 Å². The Morgan fingerprint density at radius 2 is 1.73 bits per heavy atom. The summed E-state index contributed by atoms with van der Waals surface area (Å²) in [6.07, 6.45) is 6.33. The Labute approximate surface area is 178 Å². The Kier molecular flexibility index (Phi) is 5.36. The quantitative estimate of drug-likeness (QED) is 0.452. The summed E-state index contributed by atoms with van der Waals surface area (Å²) in [5.41, 5.74) is 10.2. The summed E-state index contributed by atoms with van der Waals surface area (Å²) < 4.78 is 8.10. The first-order chi connectivity index (χ1) is 14.7. The predicted octanol–water partition coefficient (Wildman–Crippen LogP) is 5.68. The zero-order valence-electron chi connectivity index (χ0n) is 17.8. The second kappa shape index (κ2) is 8.29. The van der Waals surface area contributed by atoms with Gasteiger partial charge < -0.3 is 14.7 Å². The van der Waals surface area contributed by atoms with Crippen molar-refractivity contribution in [1.29, 1.82) is 0 Å². The van der Waals surface area contributed by atoms with Crippen LogP contribution >= 0.6 is 0 Å². The average molecular weight is 402 g/mol. The fourth-order valence-corrected chi connectivity index (χ4v) is 5.16. The van der Waals surface area contributed by atoms with Crippen molar-refractivity contribution in [2.75, 3.05) is 0 Å². The molecule has 0 unspecified atom stereocenters. The third kappa shape index (κ3) is 3.66. The third-order valence-electron chi connectivity index (χ3n) is 6.74. The Balaban J connectivity index is 1.48. The molecule has 2 N–H and O–H groups in total. The van der Waals surface area contributed by atoms with Gasteiger partial charge in [-0.05, 0) is 68.5 Å². The van der Waals surface area contributed by atoms with Gasteiger partial charge in [-0.3, -0.25) is 4.90 Å². The van der Waals surface area contributed by atoms with E-state index < -0.39 is 0 Å². The van der Waals surface area contributed by atoms with Crippen LogP contribution < -0.4 is 5.73 Å². The molecule has 0 saturated heterocycles. The van der Waals surface area contributed by atoms with E-state index in [1.807, 2.05) is 6.07 Å². The number of aryl methyl sites for hydroxylation is 1. The first-order valence-electron chi connectivity index (χ1n) is 11.2. The zero-order valence-corrected chi connectivity index (χ0v) is 17.8. The van der Waals surface area contributed by atoms with Crippen LogP contribution in [0.3, 0.4) is 0 Å². The van der Waals surface area contributed by atoms with E-state index >= 15 is 0 Å². The van der Waals surface area contributed by atoms with Crippen LogP contribution in [0.4, 0.5) is 0 Å². The maximum absolute atomic E-state index is 6.18. The fraction of sp³-hybridized carbons (Fsp3) is 0.385. The van der Waals surface area contributed by atoms with Gasteiger partial charge >= 0.3 is 0 Å². The molecule has 0 spiro atoms. The minimum absolute atomic E-state index is 0.364. The van der Waals surface area contributed by atoms with Crippen molar-refractivity contribution in [2.45, 2.75) is 64.3 Å². The minimum atomic E-state index is 0.364. The number of furan rings is 1. The average Bonchev–Trinajstić information content (AvgIpc) is 3.39. The maximum Gasteiger partial charge on any atom is 0.117 e. The van der Waals surface area contributed by atoms with Gasteiger partial charge in [0.15, 0.2) is 0 Å². The lowest BCUT2D eigenvalue weighted by molar-refractivity contribution is 0.125. The van der Waals surface area contributed by atoms with E-state index in [1.54, 1.807) is 6.26 Å². The van der Waals surface area contributed by atoms with Gasteiger partial charge in [0.05, 0.1) is 12.8 Å². The van der Waals surface area contributed by atoms with Gasteiger partial charge in [0.2, 0.25) is 0 Å². The van der Waals surface area contributed by atoms with E-state index in [1.165, 1.54) is 40.2 Å². The monoisotopic (exact) mass is 401 g/mol. The van der Waals surface area contributed by atoms with Crippen molar-refractivity contribution in [2.24, 2.45) is 5.73 Å². The van der Waals surface area contributed by atoms with E-state index in [0.29, 0.717) is 12.1 Å². The van der Waals surface area contributed by atoms with Crippen LogP contribution in [0.5, 0.6) is 0 Å². The highest BCUT2D eigenvalue weighted by molar-refractivity contribution is 6.08. The molecular formula is C26H31N3O. The molecule has 0 bridgehead atoms. The molecule has 0 amide bonds. The van der Waals surface area contributed by atoms with Crippen molar-refractivity contribution < 1.29 is 4.42 Å². The molecule has 4 nitrogen and oxygen atoms in total. The summed E-state index contributed by atoms with van der Waals surface area (Å²) in [6, 6.07) is 20.7. The predicted molar refractivity (Wildman–Crippen MR) is 123 cm³/mol. The maximum atomic E-state index is 6.18. The molecule has 1 saturated carbocycles. The van der Waals surface area contributed by atoms with Crippen LogP contribution in [0, 0.1) is 0 Å². The van der Waals surface area contributed by atoms with E-state index in [9.17, 15) is 0 Å². The number of benzene rings is 2. The van der Waals surface area contributed by atoms with E-state index in [0.717, 1.165) is 38.2 Å². The molecule has 30 heavy (non-hydrogen) atoms. The van der Waals surface area contributed by atoms with Crippen molar-refractivity contribution in [1.82, 2.24) is 9.47 Å². The molecule has 156 valence electrons. The zero-order chi connectivity index (χ0) is 20.5. The van der Waals surface area contributed by atoms with Crippen molar-refractivity contribution in [3.05, 3.63) is 72.2 Å². The molecule has 2 aromatic carbocycles. The highest BCUT2D eigenvalue weighted by Gasteiger charge is 2.25. The van der Waals surface area contributed by atoms with Crippen molar-refractivity contribution in [3.8, 4) is 0 Å². The summed E-state index contributed by atoms with van der Waals surface area (Å²) in [5, 5.41) is 2.70. The van der Waals surface area contributed by atoms with Gasteiger partial charge in [-0.15, -0.1) is 0 Å². The van der Waals surface area contributed by atoms with Gasteiger partial charge in [-0.25, -0.2) is 0 Å². The number of aromatic nitrogens is 1. The summed E-state index contributed by atoms with van der Waals surface area (Å²) in [7, 11) is 0. The van der Waals surface area contributed by atoms with E-state index in [2.05, 4.69) is 64.9 Å². The highest BCUT2D eigenvalue weighted by Crippen LogP contribution is 2.31. The lowest BCUT2D eigenvalue weighted by Gasteiger charge is -2.35. The molecular weight excluding hydrogens is 370 g/mol. The first-order valence-corrected chi connectivity index (χ1v) is 11.2. The number of nitrogens with two attached hydrogens (primary N) is 1. The number of rotatable bonds is 6. The molecule has 4 heteroatoms. The standard InChI is InChI=1S/C26H31N3O/c1-2-29-25-8-4-3-7-23(25)24-16-19(9-14-26(24)29)17-28(18-22-6-5-15-30-22)21-12-10-20(27)11-13-21/h3-9,14-16,20-21H,2,10-13,17-18,27H2,1H3. The molecule has 0 radical (unpaired) electrons. The summed E-state index contributed by atoms with van der Waals surface area (Å²) in [5.74, 6) is 1.04. The van der Waals surface area contributed by atoms with Crippen molar-refractivity contribution >= 4 is 21.8 Å². The number of hydrogen-bond donors (Lipinski definition) is 1. The van der Waals surface area contributed by atoms with Crippen LogP contribution in [0.2, 0.25) is 0 Å². The first kappa shape index (κ1) is 19.4. The van der Waals surface area contributed by atoms with Gasteiger partial charge in [0.1, 0.15) is 5.76 Å².